The Morgan fingerprint density at radius 1 is 1.04 bits per heavy atom. The van der Waals surface area contributed by atoms with Crippen LogP contribution in [0.5, 0.6) is 0 Å². The van der Waals surface area contributed by atoms with Crippen LogP contribution in [0.2, 0.25) is 0 Å². The fourth-order valence-corrected chi connectivity index (χ4v) is 1.69. The SMILES string of the molecule is CC(C)OC(=O)[C@@H](C)CNC(=O)CNC(=O)OCc1ccccc1. The van der Waals surface area contributed by atoms with Crippen molar-refractivity contribution >= 4 is 18.0 Å². The van der Waals surface area contributed by atoms with Crippen LogP contribution in [0.25, 0.3) is 0 Å². The highest BCUT2D eigenvalue weighted by atomic mass is 16.5. The molecular weight excluding hydrogens is 312 g/mol. The molecule has 0 saturated carbocycles. The van der Waals surface area contributed by atoms with Gasteiger partial charge in [0.2, 0.25) is 5.91 Å². The van der Waals surface area contributed by atoms with E-state index in [1.807, 2.05) is 30.3 Å². The van der Waals surface area contributed by atoms with Crippen molar-refractivity contribution in [2.24, 2.45) is 5.92 Å². The average molecular weight is 336 g/mol. The van der Waals surface area contributed by atoms with E-state index in [0.29, 0.717) is 0 Å². The highest BCUT2D eigenvalue weighted by Crippen LogP contribution is 2.01. The first-order valence-corrected chi connectivity index (χ1v) is 7.80. The largest absolute Gasteiger partial charge is 0.463 e. The Balaban J connectivity index is 2.18. The summed E-state index contributed by atoms with van der Waals surface area (Å²) in [4.78, 5) is 34.7. The number of carbonyl (C=O) groups is 3. The van der Waals surface area contributed by atoms with Gasteiger partial charge in [-0.2, -0.15) is 0 Å². The van der Waals surface area contributed by atoms with Gasteiger partial charge in [0, 0.05) is 6.54 Å². The molecule has 7 nitrogen and oxygen atoms in total. The molecule has 0 aromatic heterocycles. The first kappa shape index (κ1) is 19.5. The van der Waals surface area contributed by atoms with Crippen molar-refractivity contribution in [1.29, 1.82) is 0 Å². The highest BCUT2D eigenvalue weighted by molar-refractivity contribution is 5.82. The molecule has 2 amide bonds. The van der Waals surface area contributed by atoms with Crippen molar-refractivity contribution in [2.45, 2.75) is 33.5 Å². The lowest BCUT2D eigenvalue weighted by Gasteiger charge is -2.14. The van der Waals surface area contributed by atoms with Gasteiger partial charge in [0.1, 0.15) is 6.61 Å². The minimum atomic E-state index is -0.679. The molecule has 7 heteroatoms. The van der Waals surface area contributed by atoms with Gasteiger partial charge in [-0.15, -0.1) is 0 Å². The summed E-state index contributed by atoms with van der Waals surface area (Å²) in [6.45, 7) is 5.23. The monoisotopic (exact) mass is 336 g/mol. The number of nitrogens with one attached hydrogen (secondary N) is 2. The van der Waals surface area contributed by atoms with Crippen LogP contribution in [-0.4, -0.2) is 37.2 Å². The third-order valence-corrected chi connectivity index (χ3v) is 2.97. The van der Waals surface area contributed by atoms with Crippen LogP contribution in [0, 0.1) is 5.92 Å². The molecule has 0 aliphatic carbocycles. The van der Waals surface area contributed by atoms with E-state index >= 15 is 0 Å². The standard InChI is InChI=1S/C17H24N2O5/c1-12(2)24-16(21)13(3)9-18-15(20)10-19-17(22)23-11-14-7-5-4-6-8-14/h4-8,12-13H,9-11H2,1-3H3,(H,18,20)(H,19,22)/t13-/m0/s1. The van der Waals surface area contributed by atoms with E-state index in [4.69, 9.17) is 9.47 Å². The average Bonchev–Trinajstić information content (AvgIpc) is 2.56. The van der Waals surface area contributed by atoms with Crippen LogP contribution in [0.1, 0.15) is 26.3 Å². The Labute approximate surface area is 141 Å². The minimum absolute atomic E-state index is 0.131. The second kappa shape index (κ2) is 10.3. The number of carbonyl (C=O) groups excluding carboxylic acids is 3. The topological polar surface area (TPSA) is 93.7 Å². The second-order valence-electron chi connectivity index (χ2n) is 5.61. The van der Waals surface area contributed by atoms with Gasteiger partial charge in [-0.25, -0.2) is 4.79 Å². The maximum atomic E-state index is 11.6. The lowest BCUT2D eigenvalue weighted by molar-refractivity contribution is -0.151. The summed E-state index contributed by atoms with van der Waals surface area (Å²) in [5.74, 6) is -1.24. The summed E-state index contributed by atoms with van der Waals surface area (Å²) in [6, 6.07) is 9.21. The van der Waals surface area contributed by atoms with E-state index in [9.17, 15) is 14.4 Å². The molecule has 0 aliphatic rings. The van der Waals surface area contributed by atoms with Gasteiger partial charge in [-0.1, -0.05) is 37.3 Å². The molecule has 0 fully saturated rings. The van der Waals surface area contributed by atoms with Crippen LogP contribution < -0.4 is 10.6 Å². The van der Waals surface area contributed by atoms with Crippen molar-refractivity contribution in [3.63, 3.8) is 0 Å². The maximum absolute atomic E-state index is 11.6. The van der Waals surface area contributed by atoms with Crippen LogP contribution in [-0.2, 0) is 25.7 Å². The molecule has 1 rings (SSSR count). The van der Waals surface area contributed by atoms with Crippen LogP contribution in [0.4, 0.5) is 4.79 Å². The molecule has 1 aromatic rings. The predicted octanol–water partition coefficient (Wildman–Crippen LogP) is 1.62. The molecule has 0 radical (unpaired) electrons. The molecule has 1 atom stereocenters. The molecule has 0 aliphatic heterocycles. The first-order chi connectivity index (χ1) is 11.4. The van der Waals surface area contributed by atoms with Crippen molar-refractivity contribution < 1.29 is 23.9 Å². The van der Waals surface area contributed by atoms with Gasteiger partial charge < -0.3 is 20.1 Å². The summed E-state index contributed by atoms with van der Waals surface area (Å²) in [5.41, 5.74) is 0.856. The molecule has 0 unspecified atom stereocenters. The Morgan fingerprint density at radius 3 is 2.33 bits per heavy atom. The zero-order chi connectivity index (χ0) is 17.9. The number of rotatable bonds is 8. The minimum Gasteiger partial charge on any atom is -0.463 e. The fraction of sp³-hybridized carbons (Fsp3) is 0.471. The molecule has 0 spiro atoms. The van der Waals surface area contributed by atoms with Gasteiger partial charge in [-0.3, -0.25) is 9.59 Å². The summed E-state index contributed by atoms with van der Waals surface area (Å²) in [5, 5.41) is 4.90. The number of hydrogen-bond acceptors (Lipinski definition) is 5. The maximum Gasteiger partial charge on any atom is 0.407 e. The molecular formula is C17H24N2O5. The first-order valence-electron chi connectivity index (χ1n) is 7.80. The Bertz CT molecular complexity index is 545. The molecule has 1 aromatic carbocycles. The van der Waals surface area contributed by atoms with E-state index < -0.39 is 17.9 Å². The van der Waals surface area contributed by atoms with Crippen molar-refractivity contribution in [1.82, 2.24) is 10.6 Å². The zero-order valence-electron chi connectivity index (χ0n) is 14.2. The number of ether oxygens (including phenoxy) is 2. The molecule has 0 heterocycles. The number of amides is 2. The lowest BCUT2D eigenvalue weighted by atomic mass is 10.2. The smallest absolute Gasteiger partial charge is 0.407 e. The third kappa shape index (κ3) is 8.17. The molecule has 24 heavy (non-hydrogen) atoms. The summed E-state index contributed by atoms with van der Waals surface area (Å²) in [7, 11) is 0. The zero-order valence-corrected chi connectivity index (χ0v) is 14.2. The Morgan fingerprint density at radius 2 is 1.71 bits per heavy atom. The fourth-order valence-electron chi connectivity index (χ4n) is 1.69. The molecule has 0 bridgehead atoms. The van der Waals surface area contributed by atoms with E-state index in [1.165, 1.54) is 0 Å². The van der Waals surface area contributed by atoms with Gasteiger partial charge in [-0.05, 0) is 19.4 Å². The third-order valence-electron chi connectivity index (χ3n) is 2.97. The van der Waals surface area contributed by atoms with E-state index in [-0.39, 0.29) is 31.8 Å². The number of esters is 1. The van der Waals surface area contributed by atoms with E-state index in [2.05, 4.69) is 10.6 Å². The Kier molecular flexibility index (Phi) is 8.32. The van der Waals surface area contributed by atoms with E-state index in [0.717, 1.165) is 5.56 Å². The molecule has 0 saturated heterocycles. The van der Waals surface area contributed by atoms with Gasteiger partial charge in [0.25, 0.3) is 0 Å². The van der Waals surface area contributed by atoms with Gasteiger partial charge in [0.15, 0.2) is 0 Å². The summed E-state index contributed by atoms with van der Waals surface area (Å²) < 4.78 is 10.0. The highest BCUT2D eigenvalue weighted by Gasteiger charge is 2.16. The van der Waals surface area contributed by atoms with Crippen molar-refractivity contribution in [3.05, 3.63) is 35.9 Å². The van der Waals surface area contributed by atoms with Crippen molar-refractivity contribution in [3.8, 4) is 0 Å². The van der Waals surface area contributed by atoms with Crippen LogP contribution in [0.3, 0.4) is 0 Å². The number of alkyl carbamates (subject to hydrolysis) is 1. The normalized spacial score (nSPS) is 11.5. The van der Waals surface area contributed by atoms with Crippen LogP contribution in [0.15, 0.2) is 30.3 Å². The summed E-state index contributed by atoms with van der Waals surface area (Å²) >= 11 is 0. The van der Waals surface area contributed by atoms with Crippen LogP contribution >= 0.6 is 0 Å². The van der Waals surface area contributed by atoms with E-state index in [1.54, 1.807) is 20.8 Å². The quantitative estimate of drug-likeness (QED) is 0.704. The molecule has 132 valence electrons. The summed E-state index contributed by atoms with van der Waals surface area (Å²) in [6.07, 6.45) is -0.877. The van der Waals surface area contributed by atoms with Gasteiger partial charge in [0.05, 0.1) is 18.6 Å². The Hall–Kier alpha value is -2.57. The molecule has 2 N–H and O–H groups in total. The lowest BCUT2D eigenvalue weighted by Crippen LogP contribution is -2.40. The van der Waals surface area contributed by atoms with Crippen molar-refractivity contribution in [2.75, 3.05) is 13.1 Å². The number of hydrogen-bond donors (Lipinski definition) is 2. The second-order valence-corrected chi connectivity index (χ2v) is 5.61. The van der Waals surface area contributed by atoms with Gasteiger partial charge >= 0.3 is 12.1 Å². The number of benzene rings is 1. The predicted molar refractivity (Wildman–Crippen MR) is 88.0 cm³/mol.